The first kappa shape index (κ1) is 18.6. The number of amides is 3. The van der Waals surface area contributed by atoms with E-state index >= 15 is 0 Å². The van der Waals surface area contributed by atoms with Crippen LogP contribution in [0.2, 0.25) is 0 Å². The molecular formula is C24H28N2O3. The maximum absolute atomic E-state index is 12.9. The van der Waals surface area contributed by atoms with Crippen LogP contribution in [0, 0.1) is 42.4 Å². The third-order valence-electron chi connectivity index (χ3n) is 7.37. The second kappa shape index (κ2) is 7.12. The lowest BCUT2D eigenvalue weighted by atomic mass is 9.63. The number of rotatable bonds is 7. The van der Waals surface area contributed by atoms with Crippen LogP contribution in [0.4, 0.5) is 5.69 Å². The van der Waals surface area contributed by atoms with Gasteiger partial charge in [-0.2, -0.15) is 0 Å². The summed E-state index contributed by atoms with van der Waals surface area (Å²) in [5, 5.41) is 2.91. The van der Waals surface area contributed by atoms with E-state index < -0.39 is 0 Å². The molecule has 0 spiro atoms. The highest BCUT2D eigenvalue weighted by molar-refractivity contribution is 6.06. The number of nitrogens with one attached hydrogen (secondary N) is 1. The number of nitrogens with zero attached hydrogens (tertiary/aromatic N) is 1. The Morgan fingerprint density at radius 2 is 1.59 bits per heavy atom. The van der Waals surface area contributed by atoms with E-state index in [4.69, 9.17) is 0 Å². The van der Waals surface area contributed by atoms with Gasteiger partial charge < -0.3 is 5.32 Å². The molecule has 2 bridgehead atoms. The maximum Gasteiger partial charge on any atom is 0.233 e. The molecule has 4 aliphatic carbocycles. The number of unbranched alkanes of at least 4 members (excludes halogenated alkanes) is 2. The van der Waals surface area contributed by atoms with Gasteiger partial charge in [-0.25, -0.2) is 0 Å². The lowest BCUT2D eigenvalue weighted by Crippen LogP contribution is -2.40. The normalized spacial score (nSPS) is 33.6. The number of aryl methyl sites for hydroxylation is 1. The highest BCUT2D eigenvalue weighted by atomic mass is 16.2. The molecule has 0 aromatic heterocycles. The van der Waals surface area contributed by atoms with Gasteiger partial charge in [0.05, 0.1) is 11.8 Å². The molecule has 1 heterocycles. The van der Waals surface area contributed by atoms with Gasteiger partial charge in [0, 0.05) is 18.7 Å². The maximum atomic E-state index is 12.9. The predicted molar refractivity (Wildman–Crippen MR) is 110 cm³/mol. The molecule has 1 N–H and O–H groups in total. The number of carbonyl (C=O) groups is 3. The minimum atomic E-state index is -0.0958. The molecule has 1 saturated heterocycles. The van der Waals surface area contributed by atoms with Gasteiger partial charge >= 0.3 is 0 Å². The van der Waals surface area contributed by atoms with Crippen LogP contribution in [-0.4, -0.2) is 29.2 Å². The summed E-state index contributed by atoms with van der Waals surface area (Å²) in [6, 6.07) is 7.76. The van der Waals surface area contributed by atoms with E-state index in [0.717, 1.165) is 30.5 Å². The van der Waals surface area contributed by atoms with Crippen molar-refractivity contribution >= 4 is 23.4 Å². The SMILES string of the molecule is Cc1ccc(NC(=O)CCCCCN2C(=O)C3C4C=CC(C5CC45)C3C2=O)cc1. The van der Waals surface area contributed by atoms with E-state index in [1.165, 1.54) is 11.3 Å². The molecular weight excluding hydrogens is 364 g/mol. The highest BCUT2D eigenvalue weighted by Gasteiger charge is 2.66. The van der Waals surface area contributed by atoms with Gasteiger partial charge in [-0.1, -0.05) is 36.3 Å². The predicted octanol–water partition coefficient (Wildman–Crippen LogP) is 3.55. The van der Waals surface area contributed by atoms with Crippen LogP contribution in [0.25, 0.3) is 0 Å². The van der Waals surface area contributed by atoms with Crippen LogP contribution >= 0.6 is 0 Å². The molecule has 152 valence electrons. The Labute approximate surface area is 171 Å². The molecule has 1 aromatic carbocycles. The first-order valence-corrected chi connectivity index (χ1v) is 10.9. The summed E-state index contributed by atoms with van der Waals surface area (Å²) < 4.78 is 0. The Bertz CT molecular complexity index is 839. The summed E-state index contributed by atoms with van der Waals surface area (Å²) in [5.41, 5.74) is 1.98. The molecule has 5 nitrogen and oxygen atoms in total. The van der Waals surface area contributed by atoms with Gasteiger partial charge in [-0.15, -0.1) is 0 Å². The summed E-state index contributed by atoms with van der Waals surface area (Å²) in [6.45, 7) is 2.51. The Hall–Kier alpha value is -2.43. The molecule has 1 aromatic rings. The van der Waals surface area contributed by atoms with Crippen molar-refractivity contribution in [2.75, 3.05) is 11.9 Å². The Kier molecular flexibility index (Phi) is 4.56. The van der Waals surface area contributed by atoms with Crippen molar-refractivity contribution in [1.82, 2.24) is 4.90 Å². The number of benzene rings is 1. The van der Waals surface area contributed by atoms with E-state index in [1.54, 1.807) is 0 Å². The summed E-state index contributed by atoms with van der Waals surface area (Å²) in [6.07, 6.45) is 8.44. The van der Waals surface area contributed by atoms with Crippen molar-refractivity contribution in [2.24, 2.45) is 35.5 Å². The van der Waals surface area contributed by atoms with Gasteiger partial charge in [0.2, 0.25) is 17.7 Å². The zero-order chi connectivity index (χ0) is 20.1. The quantitative estimate of drug-likeness (QED) is 0.438. The number of hydrogen-bond donors (Lipinski definition) is 1. The summed E-state index contributed by atoms with van der Waals surface area (Å²) >= 11 is 0. The largest absolute Gasteiger partial charge is 0.326 e. The highest BCUT2D eigenvalue weighted by Crippen LogP contribution is 2.65. The Morgan fingerprint density at radius 3 is 2.21 bits per heavy atom. The Morgan fingerprint density at radius 1 is 0.966 bits per heavy atom. The van der Waals surface area contributed by atoms with Crippen molar-refractivity contribution in [3.8, 4) is 0 Å². The lowest BCUT2D eigenvalue weighted by Gasteiger charge is -2.37. The van der Waals surface area contributed by atoms with Crippen molar-refractivity contribution in [3.63, 3.8) is 0 Å². The topological polar surface area (TPSA) is 66.5 Å². The van der Waals surface area contributed by atoms with Gasteiger partial charge in [0.25, 0.3) is 0 Å². The molecule has 2 saturated carbocycles. The van der Waals surface area contributed by atoms with Crippen LogP contribution in [-0.2, 0) is 14.4 Å². The average molecular weight is 392 g/mol. The second-order valence-corrected chi connectivity index (χ2v) is 9.21. The van der Waals surface area contributed by atoms with Crippen molar-refractivity contribution in [3.05, 3.63) is 42.0 Å². The molecule has 3 amide bonds. The molecule has 29 heavy (non-hydrogen) atoms. The first-order valence-electron chi connectivity index (χ1n) is 10.9. The minimum absolute atomic E-state index is 0.00933. The van der Waals surface area contributed by atoms with E-state index in [9.17, 15) is 14.4 Å². The molecule has 1 aliphatic heterocycles. The Balaban J connectivity index is 1.07. The fourth-order valence-corrected chi connectivity index (χ4v) is 5.83. The van der Waals surface area contributed by atoms with Gasteiger partial charge in [-0.05, 0) is 62.0 Å². The average Bonchev–Trinajstić information content (AvgIpc) is 3.49. The zero-order valence-electron chi connectivity index (χ0n) is 16.8. The van der Waals surface area contributed by atoms with Crippen LogP contribution < -0.4 is 5.32 Å². The number of allylic oxidation sites excluding steroid dienone is 2. The number of hydrogen-bond acceptors (Lipinski definition) is 3. The van der Waals surface area contributed by atoms with Crippen molar-refractivity contribution < 1.29 is 14.4 Å². The van der Waals surface area contributed by atoms with Crippen LogP contribution in [0.1, 0.15) is 37.7 Å². The minimum Gasteiger partial charge on any atom is -0.326 e. The fraction of sp³-hybridized carbons (Fsp3) is 0.542. The zero-order valence-corrected chi connectivity index (χ0v) is 16.8. The van der Waals surface area contributed by atoms with Crippen LogP contribution in [0.3, 0.4) is 0 Å². The summed E-state index contributed by atoms with van der Waals surface area (Å²) in [7, 11) is 0. The summed E-state index contributed by atoms with van der Waals surface area (Å²) in [5.74, 6) is 1.82. The molecule has 6 atom stereocenters. The monoisotopic (exact) mass is 392 g/mol. The van der Waals surface area contributed by atoms with Crippen LogP contribution in [0.5, 0.6) is 0 Å². The number of imide groups is 1. The standard InChI is InChI=1S/C24H28N2O3/c1-14-6-8-15(9-7-14)25-20(27)5-3-2-4-12-26-23(28)21-16-10-11-17(19-13-18(16)19)22(21)24(26)29/h6-11,16-19,21-22H,2-5,12-13H2,1H3,(H,25,27). The van der Waals surface area contributed by atoms with Gasteiger partial charge in [-0.3, -0.25) is 19.3 Å². The van der Waals surface area contributed by atoms with Crippen molar-refractivity contribution in [2.45, 2.75) is 39.0 Å². The number of likely N-dealkylation sites (tertiary alicyclic amines) is 1. The molecule has 5 heteroatoms. The second-order valence-electron chi connectivity index (χ2n) is 9.21. The van der Waals surface area contributed by atoms with E-state index in [2.05, 4.69) is 17.5 Å². The summed E-state index contributed by atoms with van der Waals surface area (Å²) in [4.78, 5) is 39.4. The molecule has 6 unspecified atom stereocenters. The van der Waals surface area contributed by atoms with Crippen molar-refractivity contribution in [1.29, 1.82) is 0 Å². The molecule has 3 fully saturated rings. The smallest absolute Gasteiger partial charge is 0.233 e. The van der Waals surface area contributed by atoms with E-state index in [1.807, 2.05) is 31.2 Å². The van der Waals surface area contributed by atoms with Gasteiger partial charge in [0.1, 0.15) is 0 Å². The molecule has 0 radical (unpaired) electrons. The fourth-order valence-electron chi connectivity index (χ4n) is 5.83. The van der Waals surface area contributed by atoms with E-state index in [0.29, 0.717) is 36.6 Å². The first-order chi connectivity index (χ1) is 14.0. The molecule has 6 rings (SSSR count). The lowest BCUT2D eigenvalue weighted by molar-refractivity contribution is -0.140. The number of carbonyl (C=O) groups excluding carboxylic acids is 3. The molecule has 5 aliphatic rings. The van der Waals surface area contributed by atoms with E-state index in [-0.39, 0.29) is 29.6 Å². The van der Waals surface area contributed by atoms with Gasteiger partial charge in [0.15, 0.2) is 0 Å². The number of anilines is 1. The third-order valence-corrected chi connectivity index (χ3v) is 7.37. The third kappa shape index (κ3) is 3.21. The van der Waals surface area contributed by atoms with Crippen LogP contribution in [0.15, 0.2) is 36.4 Å².